The van der Waals surface area contributed by atoms with Gasteiger partial charge in [-0.2, -0.15) is 0 Å². The van der Waals surface area contributed by atoms with Crippen LogP contribution in [0.3, 0.4) is 0 Å². The Morgan fingerprint density at radius 2 is 1.71 bits per heavy atom. The molecule has 2 unspecified atom stereocenters. The Morgan fingerprint density at radius 3 is 2.49 bits per heavy atom. The van der Waals surface area contributed by atoms with Gasteiger partial charge >= 0.3 is 0 Å². The van der Waals surface area contributed by atoms with Crippen LogP contribution in [-0.2, 0) is 21.2 Å². The lowest BCUT2D eigenvalue weighted by Crippen LogP contribution is -2.62. The van der Waals surface area contributed by atoms with Crippen molar-refractivity contribution in [3.05, 3.63) is 96.7 Å². The van der Waals surface area contributed by atoms with Gasteiger partial charge in [-0.1, -0.05) is 46.7 Å². The molecule has 3 heterocycles. The fourth-order valence-electron chi connectivity index (χ4n) is 5.79. The molecule has 3 aromatic carbocycles. The molecule has 6 nitrogen and oxygen atoms in total. The van der Waals surface area contributed by atoms with E-state index in [1.807, 2.05) is 18.3 Å². The Morgan fingerprint density at radius 1 is 0.971 bits per heavy atom. The van der Waals surface area contributed by atoms with Crippen LogP contribution in [0.15, 0.2) is 96.0 Å². The van der Waals surface area contributed by atoms with Crippen molar-refractivity contribution in [2.45, 2.75) is 11.4 Å². The van der Waals surface area contributed by atoms with Gasteiger partial charge in [-0.15, -0.1) is 4.72 Å². The third-order valence-electron chi connectivity index (χ3n) is 7.61. The number of hydrogen-bond acceptors (Lipinski definition) is 4. The second kappa shape index (κ2) is 8.91. The van der Waals surface area contributed by atoms with Gasteiger partial charge in [0.25, 0.3) is 0 Å². The van der Waals surface area contributed by atoms with Crippen LogP contribution >= 0.6 is 0 Å². The van der Waals surface area contributed by atoms with Crippen molar-refractivity contribution in [1.29, 1.82) is 0 Å². The summed E-state index contributed by atoms with van der Waals surface area (Å²) in [6.45, 7) is 5.07. The number of sulfonamides is 1. The second-order valence-corrected chi connectivity index (χ2v) is 11.8. The molecule has 2 N–H and O–H groups in total. The summed E-state index contributed by atoms with van der Waals surface area (Å²) in [7, 11) is -3.53. The number of nitrogens with zero attached hydrogens (tertiary/aromatic N) is 2. The number of hydrogen-bond donors (Lipinski definition) is 2. The van der Waals surface area contributed by atoms with Gasteiger partial charge in [0, 0.05) is 62.1 Å². The van der Waals surface area contributed by atoms with E-state index in [1.165, 1.54) is 16.6 Å². The van der Waals surface area contributed by atoms with Crippen molar-refractivity contribution in [2.24, 2.45) is 11.3 Å². The molecule has 35 heavy (non-hydrogen) atoms. The molecule has 0 bridgehead atoms. The summed E-state index contributed by atoms with van der Waals surface area (Å²) >= 11 is 0. The molecule has 2 aliphatic heterocycles. The van der Waals surface area contributed by atoms with Crippen LogP contribution in [0.25, 0.3) is 10.9 Å². The molecular weight excluding hydrogens is 456 g/mol. The number of anilines is 1. The van der Waals surface area contributed by atoms with E-state index in [9.17, 15) is 8.76 Å². The van der Waals surface area contributed by atoms with Crippen molar-refractivity contribution >= 4 is 27.0 Å². The number of fused-ring (bicyclic) bond motifs is 1. The molecule has 0 aliphatic carbocycles. The van der Waals surface area contributed by atoms with E-state index < -0.39 is 10.4 Å². The van der Waals surface area contributed by atoms with Gasteiger partial charge in [-0.05, 0) is 59.3 Å². The average molecular weight is 487 g/mol. The van der Waals surface area contributed by atoms with Gasteiger partial charge in [-0.3, -0.25) is 4.90 Å². The fraction of sp³-hybridized carbons (Fsp3) is 0.286. The van der Waals surface area contributed by atoms with Crippen molar-refractivity contribution in [3.63, 3.8) is 0 Å². The molecule has 4 aromatic rings. The Bertz CT molecular complexity index is 1350. The molecule has 0 amide bonds. The lowest BCUT2D eigenvalue weighted by atomic mass is 9.71. The van der Waals surface area contributed by atoms with Crippen LogP contribution in [0.4, 0.5) is 5.69 Å². The molecule has 0 radical (unpaired) electrons. The summed E-state index contributed by atoms with van der Waals surface area (Å²) in [6.07, 6.45) is 1.97. The van der Waals surface area contributed by atoms with Gasteiger partial charge < -0.3 is 14.4 Å². The summed E-state index contributed by atoms with van der Waals surface area (Å²) in [4.78, 5) is 8.49. The van der Waals surface area contributed by atoms with Crippen LogP contribution < -0.4 is 9.62 Å². The first-order valence-corrected chi connectivity index (χ1v) is 13.6. The van der Waals surface area contributed by atoms with Gasteiger partial charge in [0.2, 0.25) is 0 Å². The SMILES string of the molecule is O=[S+]([O-])(NCC1CN(Cc2ccc3[nH]ccc3c2)CC12CN(c1ccccc1)C2)c1ccccc1. The summed E-state index contributed by atoms with van der Waals surface area (Å²) in [5.74, 6) is 0.247. The molecule has 0 saturated carbocycles. The zero-order chi connectivity index (χ0) is 23.9. The van der Waals surface area contributed by atoms with Gasteiger partial charge in [-0.25, -0.2) is 0 Å². The molecule has 2 saturated heterocycles. The van der Waals surface area contributed by atoms with Gasteiger partial charge in [0.15, 0.2) is 15.3 Å². The minimum atomic E-state index is -3.53. The number of aromatic amines is 1. The summed E-state index contributed by atoms with van der Waals surface area (Å²) in [5.41, 5.74) is 3.75. The third kappa shape index (κ3) is 4.41. The molecule has 2 fully saturated rings. The predicted octanol–water partition coefficient (Wildman–Crippen LogP) is 4.30. The first-order valence-electron chi connectivity index (χ1n) is 12.1. The Kier molecular flexibility index (Phi) is 5.73. The van der Waals surface area contributed by atoms with Gasteiger partial charge in [0.1, 0.15) is 0 Å². The van der Waals surface area contributed by atoms with E-state index in [0.717, 1.165) is 38.2 Å². The standard InChI is InChI=1S/C28H30N4O2S/c33-35(34,26-9-5-2-6-10-26)30-16-24-18-31(17-22-11-12-27-23(15-22)13-14-29-27)19-28(24)20-32(21-28)25-7-3-1-4-8-25/h1-15,24,29H,16-21H2,(H-,30,33,34). The number of para-hydroxylation sites is 1. The maximum Gasteiger partial charge on any atom is 0.175 e. The predicted molar refractivity (Wildman–Crippen MR) is 140 cm³/mol. The van der Waals surface area contributed by atoms with Crippen molar-refractivity contribution in [2.75, 3.05) is 37.6 Å². The van der Waals surface area contributed by atoms with Crippen LogP contribution in [0, 0.1) is 11.3 Å². The number of aromatic nitrogens is 1. The Hall–Kier alpha value is -2.97. The summed E-state index contributed by atoms with van der Waals surface area (Å²) in [5, 5.41) is 1.22. The molecule has 2 atom stereocenters. The maximum absolute atomic E-state index is 12.9. The number of likely N-dealkylation sites (tertiary alicyclic amines) is 1. The fourth-order valence-corrected chi connectivity index (χ4v) is 6.89. The van der Waals surface area contributed by atoms with E-state index in [1.54, 1.807) is 24.3 Å². The molecular formula is C28H30N4O2S. The molecule has 2 aliphatic rings. The van der Waals surface area contributed by atoms with Crippen LogP contribution in [0.1, 0.15) is 5.56 Å². The highest BCUT2D eigenvalue weighted by atomic mass is 32.3. The van der Waals surface area contributed by atoms with Crippen LogP contribution in [-0.4, -0.2) is 47.2 Å². The van der Waals surface area contributed by atoms with E-state index in [2.05, 4.69) is 68.0 Å². The van der Waals surface area contributed by atoms with Crippen molar-refractivity contribution in [3.8, 4) is 0 Å². The quantitative estimate of drug-likeness (QED) is 0.382. The average Bonchev–Trinajstić information content (AvgIpc) is 3.47. The highest BCUT2D eigenvalue weighted by Crippen LogP contribution is 2.46. The Labute approximate surface area is 207 Å². The first-order chi connectivity index (χ1) is 17.0. The zero-order valence-corrected chi connectivity index (χ0v) is 20.4. The van der Waals surface area contributed by atoms with E-state index in [0.29, 0.717) is 11.4 Å². The number of rotatable bonds is 7. The highest BCUT2D eigenvalue weighted by Gasteiger charge is 2.54. The largest absolute Gasteiger partial charge is 0.593 e. The number of H-pyrrole nitrogens is 1. The second-order valence-electron chi connectivity index (χ2n) is 9.98. The number of nitrogens with one attached hydrogen (secondary N) is 2. The van der Waals surface area contributed by atoms with Crippen LogP contribution in [0.5, 0.6) is 0 Å². The highest BCUT2D eigenvalue weighted by molar-refractivity contribution is 7.95. The monoisotopic (exact) mass is 486 g/mol. The maximum atomic E-state index is 12.9. The Balaban J connectivity index is 1.19. The van der Waals surface area contributed by atoms with Crippen molar-refractivity contribution < 1.29 is 8.76 Å². The molecule has 180 valence electrons. The van der Waals surface area contributed by atoms with E-state index >= 15 is 0 Å². The topological polar surface area (TPSA) is 74.4 Å². The lowest BCUT2D eigenvalue weighted by Gasteiger charge is -2.52. The number of benzene rings is 3. The summed E-state index contributed by atoms with van der Waals surface area (Å²) in [6, 6.07) is 27.8. The minimum Gasteiger partial charge on any atom is -0.593 e. The van der Waals surface area contributed by atoms with Gasteiger partial charge in [0.05, 0.1) is 0 Å². The van der Waals surface area contributed by atoms with Crippen LogP contribution in [0.2, 0.25) is 0 Å². The first kappa shape index (κ1) is 22.5. The summed E-state index contributed by atoms with van der Waals surface area (Å²) < 4.78 is 28.8. The lowest BCUT2D eigenvalue weighted by molar-refractivity contribution is 0.157. The minimum absolute atomic E-state index is 0.0766. The molecule has 1 spiro atoms. The third-order valence-corrected chi connectivity index (χ3v) is 9.05. The molecule has 7 heteroatoms. The zero-order valence-electron chi connectivity index (χ0n) is 19.6. The normalized spacial score (nSPS) is 21.3. The van der Waals surface area contributed by atoms with E-state index in [-0.39, 0.29) is 11.3 Å². The molecule has 1 aromatic heterocycles. The van der Waals surface area contributed by atoms with Crippen molar-refractivity contribution in [1.82, 2.24) is 14.6 Å². The molecule has 6 rings (SSSR count). The van der Waals surface area contributed by atoms with E-state index in [4.69, 9.17) is 0 Å². The smallest absolute Gasteiger partial charge is 0.175 e.